The molecular weight excluding hydrogens is 298 g/mol. The zero-order valence-electron chi connectivity index (χ0n) is 12.5. The van der Waals surface area contributed by atoms with Crippen molar-refractivity contribution in [2.24, 2.45) is 0 Å². The highest BCUT2D eigenvalue weighted by atomic mass is 32.1. The minimum Gasteiger partial charge on any atom is -0.339 e. The molecule has 0 saturated carbocycles. The Morgan fingerprint density at radius 2 is 2.36 bits per heavy atom. The number of hydrogen-bond donors (Lipinski definition) is 1. The van der Waals surface area contributed by atoms with Crippen LogP contribution in [0.3, 0.4) is 0 Å². The Morgan fingerprint density at radius 3 is 3.14 bits per heavy atom. The van der Waals surface area contributed by atoms with E-state index in [9.17, 15) is 0 Å². The van der Waals surface area contributed by atoms with Gasteiger partial charge in [0.15, 0.2) is 0 Å². The van der Waals surface area contributed by atoms with Crippen LogP contribution in [-0.2, 0) is 13.0 Å². The van der Waals surface area contributed by atoms with Crippen molar-refractivity contribution in [3.05, 3.63) is 41.9 Å². The molecule has 0 spiro atoms. The summed E-state index contributed by atoms with van der Waals surface area (Å²) >= 11 is 1.62. The Bertz CT molecular complexity index is 662. The van der Waals surface area contributed by atoms with Crippen molar-refractivity contribution >= 4 is 11.3 Å². The lowest BCUT2D eigenvalue weighted by Gasteiger charge is -2.13. The van der Waals surface area contributed by atoms with Crippen LogP contribution >= 0.6 is 11.3 Å². The second-order valence-electron chi connectivity index (χ2n) is 5.18. The summed E-state index contributed by atoms with van der Waals surface area (Å²) in [4.78, 5) is 5.46. The first-order valence-electron chi connectivity index (χ1n) is 7.38. The van der Waals surface area contributed by atoms with Gasteiger partial charge in [-0.05, 0) is 37.4 Å². The molecule has 0 unspecified atom stereocenters. The van der Waals surface area contributed by atoms with Crippen molar-refractivity contribution < 1.29 is 4.52 Å². The van der Waals surface area contributed by atoms with Crippen LogP contribution in [0.2, 0.25) is 0 Å². The highest BCUT2D eigenvalue weighted by Gasteiger charge is 2.09. The second-order valence-corrected chi connectivity index (χ2v) is 6.12. The van der Waals surface area contributed by atoms with E-state index >= 15 is 0 Å². The molecule has 0 fully saturated rings. The van der Waals surface area contributed by atoms with E-state index in [0.717, 1.165) is 30.8 Å². The summed E-state index contributed by atoms with van der Waals surface area (Å²) in [6.07, 6.45) is 5.53. The Morgan fingerprint density at radius 1 is 1.41 bits per heavy atom. The topological polar surface area (TPSA) is 68.8 Å². The first-order chi connectivity index (χ1) is 10.8. The molecule has 0 radical (unpaired) electrons. The zero-order chi connectivity index (χ0) is 15.2. The first-order valence-corrected chi connectivity index (χ1v) is 8.26. The minimum absolute atomic E-state index is 0.379. The van der Waals surface area contributed by atoms with Crippen molar-refractivity contribution in [1.82, 2.24) is 25.2 Å². The van der Waals surface area contributed by atoms with Gasteiger partial charge in [-0.1, -0.05) is 11.2 Å². The van der Waals surface area contributed by atoms with Crippen LogP contribution < -0.4 is 5.32 Å². The van der Waals surface area contributed by atoms with Crippen molar-refractivity contribution in [2.45, 2.75) is 32.4 Å². The van der Waals surface area contributed by atoms with Gasteiger partial charge in [0.2, 0.25) is 11.7 Å². The third-order valence-corrected chi connectivity index (χ3v) is 4.16. The van der Waals surface area contributed by atoms with Crippen LogP contribution in [0.5, 0.6) is 0 Å². The van der Waals surface area contributed by atoms with Gasteiger partial charge in [-0.15, -0.1) is 11.3 Å². The van der Waals surface area contributed by atoms with Crippen LogP contribution in [0.1, 0.15) is 19.2 Å². The van der Waals surface area contributed by atoms with Gasteiger partial charge in [0.25, 0.3) is 0 Å². The number of nitrogens with zero attached hydrogens (tertiary/aromatic N) is 4. The molecule has 22 heavy (non-hydrogen) atoms. The van der Waals surface area contributed by atoms with Gasteiger partial charge in [0, 0.05) is 24.9 Å². The smallest absolute Gasteiger partial charge is 0.227 e. The van der Waals surface area contributed by atoms with E-state index in [2.05, 4.69) is 27.5 Å². The molecule has 0 bridgehead atoms. The lowest BCUT2D eigenvalue weighted by Crippen LogP contribution is -2.31. The normalized spacial score (nSPS) is 12.6. The quantitative estimate of drug-likeness (QED) is 0.647. The van der Waals surface area contributed by atoms with Gasteiger partial charge in [0.05, 0.1) is 11.4 Å². The maximum absolute atomic E-state index is 5.28. The molecule has 3 aromatic rings. The zero-order valence-corrected chi connectivity index (χ0v) is 13.3. The number of aromatic nitrogens is 4. The number of rotatable bonds is 8. The van der Waals surface area contributed by atoms with E-state index in [4.69, 9.17) is 4.52 Å². The SMILES string of the molecule is C[C@H](Cn1cccn1)NCCCc1nc(-c2cccs2)no1. The number of nitrogens with one attached hydrogen (secondary N) is 1. The molecule has 1 N–H and O–H groups in total. The van der Waals surface area contributed by atoms with Crippen LogP contribution in [0, 0.1) is 0 Å². The molecule has 0 amide bonds. The number of thiophene rings is 1. The fourth-order valence-corrected chi connectivity index (χ4v) is 2.85. The van der Waals surface area contributed by atoms with E-state index in [1.54, 1.807) is 17.5 Å². The fraction of sp³-hybridized carbons (Fsp3) is 0.400. The molecule has 0 aliphatic carbocycles. The van der Waals surface area contributed by atoms with Crippen LogP contribution in [-0.4, -0.2) is 32.5 Å². The van der Waals surface area contributed by atoms with Crippen molar-refractivity contribution in [3.8, 4) is 10.7 Å². The number of hydrogen-bond acceptors (Lipinski definition) is 6. The van der Waals surface area contributed by atoms with E-state index in [1.807, 2.05) is 34.5 Å². The Hall–Kier alpha value is -1.99. The first kappa shape index (κ1) is 14.9. The van der Waals surface area contributed by atoms with Gasteiger partial charge in [0.1, 0.15) is 0 Å². The molecule has 6 nitrogen and oxygen atoms in total. The van der Waals surface area contributed by atoms with Crippen LogP contribution in [0.25, 0.3) is 10.7 Å². The molecule has 0 saturated heterocycles. The largest absolute Gasteiger partial charge is 0.339 e. The molecule has 3 heterocycles. The molecule has 3 rings (SSSR count). The summed E-state index contributed by atoms with van der Waals surface area (Å²) in [5.74, 6) is 1.38. The van der Waals surface area contributed by atoms with Gasteiger partial charge >= 0.3 is 0 Å². The molecule has 0 aliphatic heterocycles. The molecule has 1 atom stereocenters. The lowest BCUT2D eigenvalue weighted by atomic mass is 10.2. The van der Waals surface area contributed by atoms with Gasteiger partial charge in [-0.2, -0.15) is 10.1 Å². The lowest BCUT2D eigenvalue weighted by molar-refractivity contribution is 0.371. The average Bonchev–Trinajstić information content (AvgIpc) is 3.24. The Kier molecular flexibility index (Phi) is 4.97. The molecule has 7 heteroatoms. The maximum atomic E-state index is 5.28. The minimum atomic E-state index is 0.379. The van der Waals surface area contributed by atoms with Gasteiger partial charge < -0.3 is 9.84 Å². The summed E-state index contributed by atoms with van der Waals surface area (Å²) in [6.45, 7) is 3.94. The molecule has 0 aromatic carbocycles. The van der Waals surface area contributed by atoms with Crippen molar-refractivity contribution in [3.63, 3.8) is 0 Å². The monoisotopic (exact) mass is 317 g/mol. The van der Waals surface area contributed by atoms with Gasteiger partial charge in [-0.3, -0.25) is 4.68 Å². The molecule has 3 aromatic heterocycles. The van der Waals surface area contributed by atoms with Crippen molar-refractivity contribution in [2.75, 3.05) is 6.54 Å². The van der Waals surface area contributed by atoms with E-state index in [1.165, 1.54) is 0 Å². The third kappa shape index (κ3) is 4.02. The Labute approximate surface area is 133 Å². The highest BCUT2D eigenvalue weighted by Crippen LogP contribution is 2.21. The third-order valence-electron chi connectivity index (χ3n) is 3.29. The molecule has 116 valence electrons. The van der Waals surface area contributed by atoms with Crippen molar-refractivity contribution in [1.29, 1.82) is 0 Å². The average molecular weight is 317 g/mol. The van der Waals surface area contributed by atoms with E-state index in [0.29, 0.717) is 17.8 Å². The van der Waals surface area contributed by atoms with E-state index < -0.39 is 0 Å². The number of aryl methyl sites for hydroxylation is 1. The summed E-state index contributed by atoms with van der Waals surface area (Å²) in [5.41, 5.74) is 0. The second kappa shape index (κ2) is 7.33. The van der Waals surface area contributed by atoms with Crippen LogP contribution in [0.4, 0.5) is 0 Å². The summed E-state index contributed by atoms with van der Waals surface area (Å²) in [6, 6.07) is 6.30. The maximum Gasteiger partial charge on any atom is 0.227 e. The highest BCUT2D eigenvalue weighted by molar-refractivity contribution is 7.13. The standard InChI is InChI=1S/C15H19N5OS/c1-12(11-20-9-4-8-17-20)16-7-2-6-14-18-15(19-21-14)13-5-3-10-22-13/h3-5,8-10,12,16H,2,6-7,11H2,1H3/t12-/m1/s1. The van der Waals surface area contributed by atoms with Gasteiger partial charge in [-0.25, -0.2) is 0 Å². The summed E-state index contributed by atoms with van der Waals surface area (Å²) < 4.78 is 7.22. The van der Waals surface area contributed by atoms with E-state index in [-0.39, 0.29) is 0 Å². The summed E-state index contributed by atoms with van der Waals surface area (Å²) in [5, 5.41) is 13.7. The summed E-state index contributed by atoms with van der Waals surface area (Å²) in [7, 11) is 0. The predicted octanol–water partition coefficient (Wildman–Crippen LogP) is 2.61. The van der Waals surface area contributed by atoms with Crippen LogP contribution in [0.15, 0.2) is 40.5 Å². The molecular formula is C15H19N5OS. The predicted molar refractivity (Wildman–Crippen MR) is 85.6 cm³/mol. The molecule has 0 aliphatic rings. The Balaban J connectivity index is 1.38. The fourth-order valence-electron chi connectivity index (χ4n) is 2.20.